The number of anilines is 1. The minimum absolute atomic E-state index is 0.0366. The molecule has 4 aromatic rings. The fourth-order valence-electron chi connectivity index (χ4n) is 2.96. The first-order valence-corrected chi connectivity index (χ1v) is 8.83. The van der Waals surface area contributed by atoms with Crippen molar-refractivity contribution in [3.05, 3.63) is 69.2 Å². The molecule has 2 aromatic carbocycles. The molecule has 0 saturated carbocycles. The number of hydrogen-bond acceptors (Lipinski definition) is 4. The minimum Gasteiger partial charge on any atom is -0.378 e. The van der Waals surface area contributed by atoms with Gasteiger partial charge in [-0.15, -0.1) is 10.2 Å². The Morgan fingerprint density at radius 1 is 1.08 bits per heavy atom. The van der Waals surface area contributed by atoms with Crippen LogP contribution in [0.3, 0.4) is 0 Å². The van der Waals surface area contributed by atoms with Gasteiger partial charge in [0.25, 0.3) is 5.56 Å². The van der Waals surface area contributed by atoms with Gasteiger partial charge in [-0.3, -0.25) is 13.8 Å². The first-order valence-electron chi connectivity index (χ1n) is 8.04. The predicted molar refractivity (Wildman–Crippen MR) is 102 cm³/mol. The molecule has 0 amide bonds. The van der Waals surface area contributed by atoms with Crippen LogP contribution in [0.4, 0.5) is 5.69 Å². The van der Waals surface area contributed by atoms with Crippen LogP contribution in [-0.2, 0) is 13.1 Å². The van der Waals surface area contributed by atoms with Crippen molar-refractivity contribution in [1.82, 2.24) is 19.2 Å². The Bertz CT molecular complexity index is 1110. The van der Waals surface area contributed by atoms with Gasteiger partial charge in [-0.05, 0) is 43.3 Å². The molecule has 0 atom stereocenters. The molecule has 0 bridgehead atoms. The van der Waals surface area contributed by atoms with E-state index in [-0.39, 0.29) is 5.56 Å². The van der Waals surface area contributed by atoms with Crippen molar-refractivity contribution in [3.63, 3.8) is 0 Å². The summed E-state index contributed by atoms with van der Waals surface area (Å²) < 4.78 is 4.63. The summed E-state index contributed by atoms with van der Waals surface area (Å²) >= 11 is 3.43. The highest BCUT2D eigenvalue weighted by atomic mass is 79.9. The van der Waals surface area contributed by atoms with E-state index in [0.717, 1.165) is 21.5 Å². The number of nitrogens with one attached hydrogen (secondary N) is 1. The number of halogens is 1. The number of benzene rings is 2. The van der Waals surface area contributed by atoms with Gasteiger partial charge in [0.1, 0.15) is 0 Å². The molecule has 0 spiro atoms. The third kappa shape index (κ3) is 2.70. The maximum atomic E-state index is 12.7. The van der Waals surface area contributed by atoms with Gasteiger partial charge >= 0.3 is 0 Å². The van der Waals surface area contributed by atoms with Crippen molar-refractivity contribution in [2.75, 3.05) is 5.32 Å². The normalized spacial score (nSPS) is 11.3. The lowest BCUT2D eigenvalue weighted by atomic mass is 10.2. The summed E-state index contributed by atoms with van der Waals surface area (Å²) in [5, 5.41) is 12.6. The molecule has 0 saturated heterocycles. The minimum atomic E-state index is -0.0366. The second-order valence-corrected chi connectivity index (χ2v) is 6.59. The van der Waals surface area contributed by atoms with Crippen LogP contribution in [0, 0.1) is 0 Å². The fraction of sp³-hybridized carbons (Fsp3) is 0.167. The summed E-state index contributed by atoms with van der Waals surface area (Å²) in [6.07, 6.45) is 0. The van der Waals surface area contributed by atoms with Gasteiger partial charge in [0.05, 0.1) is 17.4 Å². The number of aromatic nitrogens is 4. The summed E-state index contributed by atoms with van der Waals surface area (Å²) in [5.41, 5.74) is 1.78. The lowest BCUT2D eigenvalue weighted by Crippen LogP contribution is -2.22. The van der Waals surface area contributed by atoms with Crippen LogP contribution in [0.5, 0.6) is 0 Å². The lowest BCUT2D eigenvalue weighted by molar-refractivity contribution is 0.734. The molecular weight excluding hydrogens is 382 g/mol. The maximum Gasteiger partial charge on any atom is 0.262 e. The number of fused-ring (bicyclic) bond motifs is 3. The molecule has 7 heteroatoms. The van der Waals surface area contributed by atoms with Crippen molar-refractivity contribution in [3.8, 4) is 0 Å². The van der Waals surface area contributed by atoms with Gasteiger partial charge in [-0.2, -0.15) is 0 Å². The maximum absolute atomic E-state index is 12.7. The van der Waals surface area contributed by atoms with Gasteiger partial charge in [-0.1, -0.05) is 28.1 Å². The van der Waals surface area contributed by atoms with Gasteiger partial charge < -0.3 is 5.32 Å². The Morgan fingerprint density at radius 2 is 1.84 bits per heavy atom. The highest BCUT2D eigenvalue weighted by Crippen LogP contribution is 2.17. The molecule has 2 aromatic heterocycles. The van der Waals surface area contributed by atoms with E-state index in [2.05, 4.69) is 31.4 Å². The second-order valence-electron chi connectivity index (χ2n) is 5.68. The summed E-state index contributed by atoms with van der Waals surface area (Å²) in [5.74, 6) is 1.33. The van der Waals surface area contributed by atoms with E-state index in [1.165, 1.54) is 0 Å². The highest BCUT2D eigenvalue weighted by Gasteiger charge is 2.15. The fourth-order valence-corrected chi connectivity index (χ4v) is 3.23. The van der Waals surface area contributed by atoms with E-state index in [0.29, 0.717) is 24.3 Å². The van der Waals surface area contributed by atoms with E-state index in [9.17, 15) is 4.79 Å². The third-order valence-electron chi connectivity index (χ3n) is 4.19. The molecule has 1 N–H and O–H groups in total. The average molecular weight is 398 g/mol. The molecule has 25 heavy (non-hydrogen) atoms. The number of hydrogen-bond donors (Lipinski definition) is 1. The molecular formula is C18H16BrN5O. The van der Waals surface area contributed by atoms with Gasteiger partial charge in [0.2, 0.25) is 5.78 Å². The van der Waals surface area contributed by atoms with Crippen LogP contribution in [0.1, 0.15) is 12.7 Å². The Kier molecular flexibility index (Phi) is 4.01. The third-order valence-corrected chi connectivity index (χ3v) is 4.71. The van der Waals surface area contributed by atoms with Crippen molar-refractivity contribution in [1.29, 1.82) is 0 Å². The number of nitrogens with zero attached hydrogens (tertiary/aromatic N) is 4. The Labute approximate surface area is 152 Å². The summed E-state index contributed by atoms with van der Waals surface area (Å²) in [4.78, 5) is 12.7. The lowest BCUT2D eigenvalue weighted by Gasteiger charge is -2.10. The highest BCUT2D eigenvalue weighted by molar-refractivity contribution is 9.10. The molecule has 4 rings (SSSR count). The standard InChI is InChI=1S/C18H16BrN5O/c1-2-23-17(25)14-5-3-4-6-15(14)24-16(21-22-18(23)24)11-20-13-9-7-12(19)8-10-13/h3-10,20H,2,11H2,1H3. The summed E-state index contributed by atoms with van der Waals surface area (Å²) in [7, 11) is 0. The second kappa shape index (κ2) is 6.33. The molecule has 0 unspecified atom stereocenters. The zero-order chi connectivity index (χ0) is 17.4. The van der Waals surface area contributed by atoms with Crippen LogP contribution in [-0.4, -0.2) is 19.2 Å². The Balaban J connectivity index is 1.84. The van der Waals surface area contributed by atoms with Crippen LogP contribution in [0.25, 0.3) is 16.7 Å². The van der Waals surface area contributed by atoms with E-state index < -0.39 is 0 Å². The molecule has 0 radical (unpaired) electrons. The number of rotatable bonds is 4. The van der Waals surface area contributed by atoms with Crippen LogP contribution in [0.2, 0.25) is 0 Å². The van der Waals surface area contributed by atoms with Crippen LogP contribution >= 0.6 is 15.9 Å². The Morgan fingerprint density at radius 3 is 2.60 bits per heavy atom. The van der Waals surface area contributed by atoms with Gasteiger partial charge in [-0.25, -0.2) is 0 Å². The van der Waals surface area contributed by atoms with Gasteiger partial charge in [0.15, 0.2) is 5.82 Å². The molecule has 0 aliphatic heterocycles. The molecule has 0 aliphatic carbocycles. The average Bonchev–Trinajstić information content (AvgIpc) is 3.06. The van der Waals surface area contributed by atoms with Crippen LogP contribution in [0.15, 0.2) is 57.8 Å². The molecule has 2 heterocycles. The smallest absolute Gasteiger partial charge is 0.262 e. The molecule has 0 aliphatic rings. The summed E-state index contributed by atoms with van der Waals surface area (Å²) in [6, 6.07) is 15.5. The SMILES string of the molecule is CCn1c(=O)c2ccccc2n2c(CNc3ccc(Br)cc3)nnc12. The van der Waals surface area contributed by atoms with E-state index in [4.69, 9.17) is 0 Å². The largest absolute Gasteiger partial charge is 0.378 e. The van der Waals surface area contributed by atoms with Crippen molar-refractivity contribution >= 4 is 38.3 Å². The van der Waals surface area contributed by atoms with E-state index in [1.54, 1.807) is 4.57 Å². The Hall–Kier alpha value is -2.67. The number of aryl methyl sites for hydroxylation is 1. The van der Waals surface area contributed by atoms with E-state index in [1.807, 2.05) is 59.9 Å². The van der Waals surface area contributed by atoms with Crippen molar-refractivity contribution < 1.29 is 0 Å². The van der Waals surface area contributed by atoms with E-state index >= 15 is 0 Å². The summed E-state index contributed by atoms with van der Waals surface area (Å²) in [6.45, 7) is 2.99. The predicted octanol–water partition coefficient (Wildman–Crippen LogP) is 3.44. The molecule has 0 fully saturated rings. The quantitative estimate of drug-likeness (QED) is 0.572. The molecule has 126 valence electrons. The number of para-hydroxylation sites is 1. The monoisotopic (exact) mass is 397 g/mol. The topological polar surface area (TPSA) is 64.2 Å². The molecule has 6 nitrogen and oxygen atoms in total. The van der Waals surface area contributed by atoms with Gasteiger partial charge in [0, 0.05) is 16.7 Å². The zero-order valence-electron chi connectivity index (χ0n) is 13.6. The van der Waals surface area contributed by atoms with Crippen molar-refractivity contribution in [2.45, 2.75) is 20.0 Å². The first-order chi connectivity index (χ1) is 12.2. The van der Waals surface area contributed by atoms with Crippen LogP contribution < -0.4 is 10.9 Å². The first kappa shape index (κ1) is 15.8. The zero-order valence-corrected chi connectivity index (χ0v) is 15.2. The van der Waals surface area contributed by atoms with Crippen molar-refractivity contribution in [2.24, 2.45) is 0 Å².